The van der Waals surface area contributed by atoms with Crippen molar-refractivity contribution < 1.29 is 23.8 Å². The summed E-state index contributed by atoms with van der Waals surface area (Å²) < 4.78 is 16.9. The molecule has 0 unspecified atom stereocenters. The Labute approximate surface area is 199 Å². The molecule has 0 aliphatic heterocycles. The molecule has 0 fully saturated rings. The third-order valence-electron chi connectivity index (χ3n) is 5.41. The number of benzene rings is 1. The van der Waals surface area contributed by atoms with Crippen LogP contribution in [0.5, 0.6) is 5.88 Å². The van der Waals surface area contributed by atoms with Crippen LogP contribution in [-0.4, -0.2) is 54.1 Å². The van der Waals surface area contributed by atoms with Crippen molar-refractivity contribution in [2.75, 3.05) is 27.4 Å². The lowest BCUT2D eigenvalue weighted by atomic mass is 10.1. The summed E-state index contributed by atoms with van der Waals surface area (Å²) in [6.07, 6.45) is 2.55. The molecule has 0 radical (unpaired) electrons. The molecule has 9 heteroatoms. The van der Waals surface area contributed by atoms with Crippen LogP contribution in [0, 0.1) is 13.8 Å². The lowest BCUT2D eigenvalue weighted by Crippen LogP contribution is -2.22. The van der Waals surface area contributed by atoms with Gasteiger partial charge in [-0.3, -0.25) is 9.59 Å². The number of hydrogen-bond donors (Lipinski definition) is 1. The normalized spacial score (nSPS) is 10.7. The molecule has 34 heavy (non-hydrogen) atoms. The molecule has 0 atom stereocenters. The third-order valence-corrected chi connectivity index (χ3v) is 5.41. The standard InChI is InChI=1S/C25H30N4O5/c1-17-22(10-12-24(30)33-4)18(2)29(28-17)21-8-6-20(7-9-21)25(31)27-16-19-5-11-23(26-15-19)34-14-13-32-3/h5-9,11,15H,10,12-14,16H2,1-4H3,(H,27,31). The van der Waals surface area contributed by atoms with E-state index in [4.69, 9.17) is 14.2 Å². The number of carbonyl (C=O) groups is 2. The Bertz CT molecular complexity index is 1110. The van der Waals surface area contributed by atoms with Gasteiger partial charge in [0.15, 0.2) is 0 Å². The predicted molar refractivity (Wildman–Crippen MR) is 126 cm³/mol. The smallest absolute Gasteiger partial charge is 0.305 e. The Hall–Kier alpha value is -3.72. The molecule has 1 N–H and O–H groups in total. The van der Waals surface area contributed by atoms with E-state index >= 15 is 0 Å². The molecule has 1 amide bonds. The van der Waals surface area contributed by atoms with Crippen molar-refractivity contribution >= 4 is 11.9 Å². The van der Waals surface area contributed by atoms with Crippen LogP contribution in [0.15, 0.2) is 42.6 Å². The summed E-state index contributed by atoms with van der Waals surface area (Å²) in [6.45, 7) is 5.17. The molecule has 0 bridgehead atoms. The topological polar surface area (TPSA) is 105 Å². The van der Waals surface area contributed by atoms with E-state index in [0.717, 1.165) is 28.2 Å². The second-order valence-corrected chi connectivity index (χ2v) is 7.71. The molecule has 3 aromatic rings. The number of hydrogen-bond acceptors (Lipinski definition) is 7. The van der Waals surface area contributed by atoms with Gasteiger partial charge in [0, 0.05) is 43.6 Å². The van der Waals surface area contributed by atoms with Crippen molar-refractivity contribution in [3.05, 3.63) is 70.7 Å². The number of aromatic nitrogens is 3. The highest BCUT2D eigenvalue weighted by molar-refractivity contribution is 5.94. The molecule has 2 heterocycles. The van der Waals surface area contributed by atoms with E-state index in [0.29, 0.717) is 44.0 Å². The predicted octanol–water partition coefficient (Wildman–Crippen LogP) is 2.94. The van der Waals surface area contributed by atoms with Crippen LogP contribution in [0.3, 0.4) is 0 Å². The van der Waals surface area contributed by atoms with Gasteiger partial charge in [0.25, 0.3) is 5.91 Å². The molecular weight excluding hydrogens is 436 g/mol. The van der Waals surface area contributed by atoms with E-state index in [1.807, 2.05) is 36.7 Å². The van der Waals surface area contributed by atoms with E-state index in [1.165, 1.54) is 7.11 Å². The van der Waals surface area contributed by atoms with E-state index in [9.17, 15) is 9.59 Å². The zero-order valence-electron chi connectivity index (χ0n) is 20.0. The summed E-state index contributed by atoms with van der Waals surface area (Å²) >= 11 is 0. The first-order valence-corrected chi connectivity index (χ1v) is 11.0. The first-order chi connectivity index (χ1) is 16.4. The Kier molecular flexibility index (Phi) is 8.75. The maximum absolute atomic E-state index is 12.6. The minimum absolute atomic E-state index is 0.181. The molecular formula is C25H30N4O5. The highest BCUT2D eigenvalue weighted by atomic mass is 16.5. The van der Waals surface area contributed by atoms with Gasteiger partial charge in [0.2, 0.25) is 5.88 Å². The molecule has 0 saturated carbocycles. The maximum atomic E-state index is 12.6. The molecule has 9 nitrogen and oxygen atoms in total. The zero-order chi connectivity index (χ0) is 24.5. The number of amides is 1. The van der Waals surface area contributed by atoms with E-state index in [1.54, 1.807) is 31.5 Å². The van der Waals surface area contributed by atoms with E-state index in [-0.39, 0.29) is 11.9 Å². The fraction of sp³-hybridized carbons (Fsp3) is 0.360. The number of nitrogens with zero attached hydrogens (tertiary/aromatic N) is 3. The van der Waals surface area contributed by atoms with E-state index < -0.39 is 0 Å². The van der Waals surface area contributed by atoms with Crippen molar-refractivity contribution in [1.82, 2.24) is 20.1 Å². The fourth-order valence-electron chi connectivity index (χ4n) is 3.49. The van der Waals surface area contributed by atoms with Gasteiger partial charge < -0.3 is 19.5 Å². The average molecular weight is 467 g/mol. The number of methoxy groups -OCH3 is 2. The number of rotatable bonds is 11. The number of carbonyl (C=O) groups excluding carboxylic acids is 2. The van der Waals surface area contributed by atoms with Crippen LogP contribution >= 0.6 is 0 Å². The lowest BCUT2D eigenvalue weighted by molar-refractivity contribution is -0.140. The van der Waals surface area contributed by atoms with Crippen LogP contribution in [0.25, 0.3) is 5.69 Å². The SMILES string of the molecule is COCCOc1ccc(CNC(=O)c2ccc(-n3nc(C)c(CCC(=O)OC)c3C)cc2)cn1. The van der Waals surface area contributed by atoms with E-state index in [2.05, 4.69) is 15.4 Å². The van der Waals surface area contributed by atoms with Gasteiger partial charge >= 0.3 is 5.97 Å². The monoisotopic (exact) mass is 466 g/mol. The molecule has 0 aliphatic rings. The summed E-state index contributed by atoms with van der Waals surface area (Å²) in [5.74, 6) is 0.0866. The largest absolute Gasteiger partial charge is 0.475 e. The summed E-state index contributed by atoms with van der Waals surface area (Å²) in [6, 6.07) is 10.9. The molecule has 0 saturated heterocycles. The van der Waals surface area contributed by atoms with Crippen LogP contribution < -0.4 is 10.1 Å². The number of nitrogens with one attached hydrogen (secondary N) is 1. The molecule has 180 valence electrons. The summed E-state index contributed by atoms with van der Waals surface area (Å²) in [4.78, 5) is 28.3. The van der Waals surface area contributed by atoms with Crippen molar-refractivity contribution in [3.63, 3.8) is 0 Å². The van der Waals surface area contributed by atoms with Gasteiger partial charge in [-0.25, -0.2) is 9.67 Å². The quantitative estimate of drug-likeness (QED) is 0.342. The van der Waals surface area contributed by atoms with Crippen molar-refractivity contribution in [3.8, 4) is 11.6 Å². The van der Waals surface area contributed by atoms with Gasteiger partial charge in [-0.05, 0) is 55.7 Å². The Morgan fingerprint density at radius 2 is 1.79 bits per heavy atom. The van der Waals surface area contributed by atoms with Gasteiger partial charge in [-0.1, -0.05) is 6.07 Å². The van der Waals surface area contributed by atoms with Crippen LogP contribution in [-0.2, 0) is 27.2 Å². The summed E-state index contributed by atoms with van der Waals surface area (Å²) in [5, 5.41) is 7.50. The summed E-state index contributed by atoms with van der Waals surface area (Å²) in [7, 11) is 3.00. The molecule has 0 aliphatic carbocycles. The molecule has 2 aromatic heterocycles. The van der Waals surface area contributed by atoms with Gasteiger partial charge in [0.05, 0.1) is 25.1 Å². The second kappa shape index (κ2) is 11.9. The Morgan fingerprint density at radius 1 is 1.03 bits per heavy atom. The third kappa shape index (κ3) is 6.41. The number of pyridine rings is 1. The maximum Gasteiger partial charge on any atom is 0.305 e. The number of aryl methyl sites for hydroxylation is 1. The first kappa shape index (κ1) is 24.9. The minimum atomic E-state index is -0.246. The Balaban J connectivity index is 1.59. The summed E-state index contributed by atoms with van der Waals surface area (Å²) in [5.41, 5.74) is 5.10. The fourth-order valence-corrected chi connectivity index (χ4v) is 3.49. The first-order valence-electron chi connectivity index (χ1n) is 11.0. The van der Waals surface area contributed by atoms with Crippen molar-refractivity contribution in [1.29, 1.82) is 0 Å². The lowest BCUT2D eigenvalue weighted by Gasteiger charge is -2.09. The second-order valence-electron chi connectivity index (χ2n) is 7.71. The Morgan fingerprint density at radius 3 is 2.44 bits per heavy atom. The molecule has 0 spiro atoms. The highest BCUT2D eigenvalue weighted by Gasteiger charge is 2.15. The van der Waals surface area contributed by atoms with Gasteiger partial charge in [-0.15, -0.1) is 0 Å². The van der Waals surface area contributed by atoms with Crippen LogP contribution in [0.2, 0.25) is 0 Å². The number of ether oxygens (including phenoxy) is 3. The van der Waals surface area contributed by atoms with Crippen molar-refractivity contribution in [2.45, 2.75) is 33.2 Å². The van der Waals surface area contributed by atoms with Gasteiger partial charge in [0.1, 0.15) is 6.61 Å². The van der Waals surface area contributed by atoms with Gasteiger partial charge in [-0.2, -0.15) is 5.10 Å². The highest BCUT2D eigenvalue weighted by Crippen LogP contribution is 2.20. The van der Waals surface area contributed by atoms with Crippen LogP contribution in [0.4, 0.5) is 0 Å². The molecule has 3 rings (SSSR count). The average Bonchev–Trinajstić information content (AvgIpc) is 3.15. The zero-order valence-corrected chi connectivity index (χ0v) is 20.0. The minimum Gasteiger partial charge on any atom is -0.475 e. The number of esters is 1. The molecule has 1 aromatic carbocycles. The van der Waals surface area contributed by atoms with Crippen LogP contribution in [0.1, 0.15) is 39.3 Å². The van der Waals surface area contributed by atoms with Crippen molar-refractivity contribution in [2.24, 2.45) is 0 Å².